The van der Waals surface area contributed by atoms with Gasteiger partial charge >= 0.3 is 12.0 Å². The molecule has 1 rings (SSSR count). The quantitative estimate of drug-likeness (QED) is 0.862. The third-order valence-corrected chi connectivity index (χ3v) is 2.77. The van der Waals surface area contributed by atoms with Crippen LogP contribution in [0.4, 0.5) is 10.5 Å². The number of hydrogen-bond donors (Lipinski definition) is 2. The van der Waals surface area contributed by atoms with Crippen molar-refractivity contribution in [1.82, 2.24) is 4.90 Å². The van der Waals surface area contributed by atoms with Crippen LogP contribution in [0.5, 0.6) is 0 Å². The van der Waals surface area contributed by atoms with Crippen LogP contribution >= 0.6 is 0 Å². The molecule has 0 bridgehead atoms. The Morgan fingerprint density at radius 3 is 2.45 bits per heavy atom. The first kappa shape index (κ1) is 15.5. The fourth-order valence-corrected chi connectivity index (χ4v) is 1.63. The minimum Gasteiger partial charge on any atom is -0.478 e. The number of carboxylic acid groups (broad SMARTS) is 1. The number of nitrogens with zero attached hydrogens (tertiary/aromatic N) is 2. The molecular formula is C14H17N3O3. The summed E-state index contributed by atoms with van der Waals surface area (Å²) in [5.74, 6) is -1.25. The summed E-state index contributed by atoms with van der Waals surface area (Å²) in [6.07, 6.45) is 0. The molecule has 0 aromatic heterocycles. The molecule has 0 aliphatic carbocycles. The van der Waals surface area contributed by atoms with Gasteiger partial charge in [-0.2, -0.15) is 5.26 Å². The lowest BCUT2D eigenvalue weighted by Crippen LogP contribution is -2.37. The maximum absolute atomic E-state index is 12.0. The van der Waals surface area contributed by atoms with E-state index in [0.717, 1.165) is 0 Å². The predicted molar refractivity (Wildman–Crippen MR) is 74.4 cm³/mol. The van der Waals surface area contributed by atoms with Crippen molar-refractivity contribution in [3.8, 4) is 6.07 Å². The van der Waals surface area contributed by atoms with Crippen molar-refractivity contribution < 1.29 is 14.7 Å². The Kier molecular flexibility index (Phi) is 5.54. The standard InChI is InChI=1S/C14H17N3O3/c1-3-17(9-10(2)8-15)14(20)16-12-6-4-11(5-7-12)13(18)19/h4-7,10H,3,9H2,1-2H3,(H,16,20)(H,18,19). The molecule has 0 saturated carbocycles. The number of nitriles is 1. The molecule has 1 aromatic carbocycles. The van der Waals surface area contributed by atoms with Gasteiger partial charge in [0.15, 0.2) is 0 Å². The largest absolute Gasteiger partial charge is 0.478 e. The molecule has 0 heterocycles. The van der Waals surface area contributed by atoms with Crippen LogP contribution in [0.3, 0.4) is 0 Å². The summed E-state index contributed by atoms with van der Waals surface area (Å²) in [5.41, 5.74) is 0.677. The molecule has 2 amide bonds. The van der Waals surface area contributed by atoms with Gasteiger partial charge in [0.05, 0.1) is 17.6 Å². The third-order valence-electron chi connectivity index (χ3n) is 2.77. The highest BCUT2D eigenvalue weighted by Gasteiger charge is 2.14. The van der Waals surface area contributed by atoms with E-state index in [9.17, 15) is 9.59 Å². The van der Waals surface area contributed by atoms with Gasteiger partial charge in [0.1, 0.15) is 0 Å². The summed E-state index contributed by atoms with van der Waals surface area (Å²) >= 11 is 0. The van der Waals surface area contributed by atoms with E-state index in [2.05, 4.69) is 11.4 Å². The van der Waals surface area contributed by atoms with Gasteiger partial charge in [-0.25, -0.2) is 9.59 Å². The Hall–Kier alpha value is -2.55. The van der Waals surface area contributed by atoms with E-state index in [1.165, 1.54) is 29.2 Å². The average molecular weight is 275 g/mol. The lowest BCUT2D eigenvalue weighted by molar-refractivity contribution is 0.0697. The molecule has 0 saturated heterocycles. The zero-order valence-corrected chi connectivity index (χ0v) is 11.5. The van der Waals surface area contributed by atoms with Gasteiger partial charge < -0.3 is 15.3 Å². The zero-order valence-electron chi connectivity index (χ0n) is 11.5. The Balaban J connectivity index is 2.69. The lowest BCUT2D eigenvalue weighted by atomic mass is 10.2. The van der Waals surface area contributed by atoms with E-state index in [4.69, 9.17) is 10.4 Å². The van der Waals surface area contributed by atoms with Crippen molar-refractivity contribution in [2.75, 3.05) is 18.4 Å². The van der Waals surface area contributed by atoms with Crippen LogP contribution in [-0.4, -0.2) is 35.1 Å². The summed E-state index contributed by atoms with van der Waals surface area (Å²) in [6, 6.07) is 7.68. The second-order valence-electron chi connectivity index (χ2n) is 4.38. The monoisotopic (exact) mass is 275 g/mol. The van der Waals surface area contributed by atoms with Crippen LogP contribution in [0.25, 0.3) is 0 Å². The van der Waals surface area contributed by atoms with E-state index in [1.54, 1.807) is 6.92 Å². The fourth-order valence-electron chi connectivity index (χ4n) is 1.63. The highest BCUT2D eigenvalue weighted by molar-refractivity contribution is 5.91. The van der Waals surface area contributed by atoms with E-state index in [-0.39, 0.29) is 17.5 Å². The normalized spacial score (nSPS) is 11.2. The molecule has 2 N–H and O–H groups in total. The average Bonchev–Trinajstić information content (AvgIpc) is 2.44. The van der Waals surface area contributed by atoms with Gasteiger partial charge in [-0.3, -0.25) is 0 Å². The topological polar surface area (TPSA) is 93.4 Å². The number of anilines is 1. The van der Waals surface area contributed by atoms with Gasteiger partial charge in [-0.1, -0.05) is 0 Å². The van der Waals surface area contributed by atoms with Crippen molar-refractivity contribution in [2.45, 2.75) is 13.8 Å². The van der Waals surface area contributed by atoms with E-state index < -0.39 is 5.97 Å². The Morgan fingerprint density at radius 1 is 1.40 bits per heavy atom. The fraction of sp³-hybridized carbons (Fsp3) is 0.357. The molecule has 1 aromatic rings. The van der Waals surface area contributed by atoms with Crippen LogP contribution in [0, 0.1) is 17.2 Å². The first-order valence-corrected chi connectivity index (χ1v) is 6.26. The van der Waals surface area contributed by atoms with Gasteiger partial charge in [0.2, 0.25) is 0 Å². The Bertz CT molecular complexity index is 519. The molecular weight excluding hydrogens is 258 g/mol. The van der Waals surface area contributed by atoms with Crippen molar-refractivity contribution in [3.05, 3.63) is 29.8 Å². The number of urea groups is 1. The van der Waals surface area contributed by atoms with Crippen molar-refractivity contribution in [2.24, 2.45) is 5.92 Å². The number of amides is 2. The number of carbonyl (C=O) groups is 2. The number of hydrogen-bond acceptors (Lipinski definition) is 3. The second kappa shape index (κ2) is 7.14. The predicted octanol–water partition coefficient (Wildman–Crippen LogP) is 2.40. The lowest BCUT2D eigenvalue weighted by Gasteiger charge is -2.22. The van der Waals surface area contributed by atoms with Gasteiger partial charge in [-0.15, -0.1) is 0 Å². The minimum absolute atomic E-state index is 0.161. The smallest absolute Gasteiger partial charge is 0.335 e. The van der Waals surface area contributed by atoms with E-state index in [1.807, 2.05) is 6.92 Å². The molecule has 0 fully saturated rings. The number of carboxylic acids is 1. The van der Waals surface area contributed by atoms with Crippen LogP contribution in [0.15, 0.2) is 24.3 Å². The highest BCUT2D eigenvalue weighted by Crippen LogP contribution is 2.11. The summed E-state index contributed by atoms with van der Waals surface area (Å²) < 4.78 is 0. The summed E-state index contributed by atoms with van der Waals surface area (Å²) in [7, 11) is 0. The number of nitrogens with one attached hydrogen (secondary N) is 1. The number of aromatic carboxylic acids is 1. The van der Waals surface area contributed by atoms with Crippen molar-refractivity contribution >= 4 is 17.7 Å². The molecule has 0 spiro atoms. The Morgan fingerprint density at radius 2 is 2.00 bits per heavy atom. The molecule has 0 aliphatic heterocycles. The molecule has 6 heteroatoms. The van der Waals surface area contributed by atoms with E-state index >= 15 is 0 Å². The van der Waals surface area contributed by atoms with Crippen LogP contribution in [0.2, 0.25) is 0 Å². The highest BCUT2D eigenvalue weighted by atomic mass is 16.4. The third kappa shape index (κ3) is 4.28. The number of carbonyl (C=O) groups excluding carboxylic acids is 1. The zero-order chi connectivity index (χ0) is 15.1. The number of rotatable bonds is 5. The molecule has 0 radical (unpaired) electrons. The van der Waals surface area contributed by atoms with Gasteiger partial charge in [0, 0.05) is 18.8 Å². The van der Waals surface area contributed by atoms with Crippen LogP contribution < -0.4 is 5.32 Å². The van der Waals surface area contributed by atoms with Crippen LogP contribution in [-0.2, 0) is 0 Å². The van der Waals surface area contributed by atoms with E-state index in [0.29, 0.717) is 18.8 Å². The summed E-state index contributed by atoms with van der Waals surface area (Å²) in [5, 5.41) is 20.2. The van der Waals surface area contributed by atoms with Crippen LogP contribution in [0.1, 0.15) is 24.2 Å². The first-order chi connectivity index (χ1) is 9.47. The molecule has 0 aliphatic rings. The summed E-state index contributed by atoms with van der Waals surface area (Å²) in [6.45, 7) is 4.42. The van der Waals surface area contributed by atoms with Gasteiger partial charge in [-0.05, 0) is 38.1 Å². The van der Waals surface area contributed by atoms with Crippen molar-refractivity contribution in [3.63, 3.8) is 0 Å². The first-order valence-electron chi connectivity index (χ1n) is 6.26. The van der Waals surface area contributed by atoms with Gasteiger partial charge in [0.25, 0.3) is 0 Å². The second-order valence-corrected chi connectivity index (χ2v) is 4.38. The molecule has 20 heavy (non-hydrogen) atoms. The molecule has 1 unspecified atom stereocenters. The minimum atomic E-state index is -1.01. The molecule has 1 atom stereocenters. The Labute approximate surface area is 117 Å². The number of benzene rings is 1. The molecule has 6 nitrogen and oxygen atoms in total. The maximum atomic E-state index is 12.0. The van der Waals surface area contributed by atoms with Crippen molar-refractivity contribution in [1.29, 1.82) is 5.26 Å². The SMILES string of the molecule is CCN(CC(C)C#N)C(=O)Nc1ccc(C(=O)O)cc1. The summed E-state index contributed by atoms with van der Waals surface area (Å²) in [4.78, 5) is 24.2. The maximum Gasteiger partial charge on any atom is 0.335 e. The molecule has 106 valence electrons.